The van der Waals surface area contributed by atoms with Crippen molar-refractivity contribution >= 4 is 52.8 Å². The van der Waals surface area contributed by atoms with E-state index in [0.717, 1.165) is 0 Å². The average Bonchev–Trinajstić information content (AvgIpc) is 3.12. The number of benzene rings is 5. The van der Waals surface area contributed by atoms with Gasteiger partial charge >= 0.3 is 11.0 Å². The second-order valence-electron chi connectivity index (χ2n) is 11.1. The highest BCUT2D eigenvalue weighted by molar-refractivity contribution is 7.97. The molecule has 5 aromatic carbocycles. The molecule has 0 bridgehead atoms. The molecule has 0 saturated heterocycles. The molecule has 16 heteroatoms. The van der Waals surface area contributed by atoms with Crippen LogP contribution in [0.3, 0.4) is 0 Å². The van der Waals surface area contributed by atoms with E-state index in [4.69, 9.17) is 25.9 Å². The maximum atomic E-state index is 10.7. The van der Waals surface area contributed by atoms with Crippen molar-refractivity contribution in [1.82, 2.24) is 0 Å². The van der Waals surface area contributed by atoms with E-state index >= 15 is 0 Å². The van der Waals surface area contributed by atoms with Crippen LogP contribution in [0.15, 0.2) is 153 Å². The van der Waals surface area contributed by atoms with Gasteiger partial charge in [0.05, 0.1) is 10.9 Å². The fourth-order valence-electron chi connectivity index (χ4n) is 4.48. The quantitative estimate of drug-likeness (QED) is 0.0599. The highest BCUT2D eigenvalue weighted by Crippen LogP contribution is 2.31. The molecule has 294 valence electrons. The SMILES string of the molecule is CCCC[S+](CCCC)c1cccc2ccccc12.O=S(=O)([O-])C(F)(F)F.O=S(=O)([O-])C(F)(F)F.c1ccc([S+](c2ccccc2)c2ccccc2)cc1. The first-order valence-electron chi connectivity index (χ1n) is 16.4. The van der Waals surface area contributed by atoms with Gasteiger partial charge in [0.25, 0.3) is 0 Å². The predicted octanol–water partition coefficient (Wildman–Crippen LogP) is 10.3. The van der Waals surface area contributed by atoms with Crippen LogP contribution in [0.4, 0.5) is 26.3 Å². The lowest BCUT2D eigenvalue weighted by atomic mass is 10.1. The van der Waals surface area contributed by atoms with Crippen LogP contribution in [0.25, 0.3) is 10.8 Å². The Kier molecular flexibility index (Phi) is 19.1. The standard InChI is InChI=1S/C18H15S.C18H25S.2CHF3O3S/c1-4-10-16(11-5-1)19(17-12-6-2-7-13-17)18-14-8-3-9-15-18;1-3-5-14-19(15-6-4-2)18-13-9-11-16-10-7-8-12-17(16)18;2*2-1(3,4)8(5,6)7/h1-15H;7-13H,3-6,14-15H2,1-2H3;2*(H,5,6,7)/q2*+1;;/p-2. The Hall–Kier alpha value is -3.54. The average molecular weight is 835 g/mol. The van der Waals surface area contributed by atoms with E-state index in [2.05, 4.69) is 147 Å². The van der Waals surface area contributed by atoms with Gasteiger partial charge in [0, 0.05) is 16.3 Å². The predicted molar refractivity (Wildman–Crippen MR) is 202 cm³/mol. The normalized spacial score (nSPS) is 11.9. The van der Waals surface area contributed by atoms with E-state index in [1.807, 2.05) is 0 Å². The van der Waals surface area contributed by atoms with Gasteiger partial charge in [0.2, 0.25) is 0 Å². The van der Waals surface area contributed by atoms with Crippen molar-refractivity contribution in [3.63, 3.8) is 0 Å². The molecule has 54 heavy (non-hydrogen) atoms. The van der Waals surface area contributed by atoms with Gasteiger partial charge in [0.1, 0.15) is 11.5 Å². The first-order chi connectivity index (χ1) is 25.3. The van der Waals surface area contributed by atoms with Crippen molar-refractivity contribution in [2.24, 2.45) is 0 Å². The summed E-state index contributed by atoms with van der Waals surface area (Å²) in [6.07, 6.45) is 5.33. The van der Waals surface area contributed by atoms with Gasteiger partial charge in [-0.25, -0.2) is 16.8 Å². The second-order valence-corrected chi connectivity index (χ2v) is 18.1. The Morgan fingerprint density at radius 1 is 0.500 bits per heavy atom. The molecular weight excluding hydrogens is 795 g/mol. The molecule has 0 unspecified atom stereocenters. The van der Waals surface area contributed by atoms with Crippen LogP contribution in [0.5, 0.6) is 0 Å². The molecule has 0 aliphatic rings. The van der Waals surface area contributed by atoms with Crippen molar-refractivity contribution in [1.29, 1.82) is 0 Å². The van der Waals surface area contributed by atoms with Crippen molar-refractivity contribution in [3.05, 3.63) is 133 Å². The lowest BCUT2D eigenvalue weighted by Gasteiger charge is -2.10. The van der Waals surface area contributed by atoms with Crippen LogP contribution >= 0.6 is 0 Å². The number of unbranched alkanes of at least 4 members (excludes halogenated alkanes) is 2. The summed E-state index contributed by atoms with van der Waals surface area (Å²) < 4.78 is 118. The number of halogens is 6. The summed E-state index contributed by atoms with van der Waals surface area (Å²) in [5, 5.41) is 2.87. The summed E-state index contributed by atoms with van der Waals surface area (Å²) in [6.45, 7) is 4.59. The summed E-state index contributed by atoms with van der Waals surface area (Å²) in [5.41, 5.74) is -11.3. The van der Waals surface area contributed by atoms with E-state index in [1.54, 1.807) is 4.90 Å². The van der Waals surface area contributed by atoms with Gasteiger partial charge in [-0.1, -0.05) is 112 Å². The van der Waals surface area contributed by atoms with E-state index in [-0.39, 0.29) is 10.9 Å². The van der Waals surface area contributed by atoms with Crippen molar-refractivity contribution < 1.29 is 52.3 Å². The summed E-state index contributed by atoms with van der Waals surface area (Å²) in [4.78, 5) is 5.68. The largest absolute Gasteiger partial charge is 0.741 e. The molecule has 0 aliphatic carbocycles. The number of alkyl halides is 6. The lowest BCUT2D eigenvalue weighted by molar-refractivity contribution is -0.0522. The first kappa shape index (κ1) is 46.6. The monoisotopic (exact) mass is 834 g/mol. The van der Waals surface area contributed by atoms with Gasteiger partial charge in [-0.05, 0) is 66.8 Å². The van der Waals surface area contributed by atoms with Crippen LogP contribution in [0.2, 0.25) is 0 Å². The fourth-order valence-corrected chi connectivity index (χ4v) is 9.28. The minimum absolute atomic E-state index is 0.0146. The second kappa shape index (κ2) is 22.1. The zero-order chi connectivity index (χ0) is 40.4. The smallest absolute Gasteiger partial charge is 0.485 e. The molecule has 5 rings (SSSR count). The molecular formula is C38H40F6O6S4. The number of hydrogen-bond donors (Lipinski definition) is 0. The number of rotatable bonds is 10. The highest BCUT2D eigenvalue weighted by atomic mass is 32.2. The van der Waals surface area contributed by atoms with Crippen LogP contribution in [0.1, 0.15) is 39.5 Å². The molecule has 0 amide bonds. The van der Waals surface area contributed by atoms with Crippen LogP contribution < -0.4 is 0 Å². The Morgan fingerprint density at radius 3 is 1.15 bits per heavy atom. The van der Waals surface area contributed by atoms with E-state index in [0.29, 0.717) is 10.9 Å². The molecule has 5 aromatic rings. The third kappa shape index (κ3) is 15.7. The fraction of sp³-hybridized carbons (Fsp3) is 0.263. The molecule has 0 N–H and O–H groups in total. The molecule has 6 nitrogen and oxygen atoms in total. The zero-order valence-corrected chi connectivity index (χ0v) is 32.6. The molecule has 0 fully saturated rings. The summed E-state index contributed by atoms with van der Waals surface area (Å²) >= 11 is 0. The Balaban J connectivity index is 0.000000271. The first-order valence-corrected chi connectivity index (χ1v) is 22.0. The minimum atomic E-state index is -6.09. The Labute approximate surface area is 318 Å². The summed E-state index contributed by atoms with van der Waals surface area (Å²) in [5.74, 6) is 2.73. The highest BCUT2D eigenvalue weighted by Gasteiger charge is 2.37. The van der Waals surface area contributed by atoms with Crippen molar-refractivity contribution in [3.8, 4) is 0 Å². The third-order valence-corrected chi connectivity index (χ3v) is 13.0. The van der Waals surface area contributed by atoms with Gasteiger partial charge in [-0.15, -0.1) is 0 Å². The van der Waals surface area contributed by atoms with E-state index in [1.165, 1.54) is 62.6 Å². The van der Waals surface area contributed by atoms with Gasteiger partial charge < -0.3 is 9.11 Å². The number of fused-ring (bicyclic) bond motifs is 1. The van der Waals surface area contributed by atoms with Gasteiger partial charge in [0.15, 0.2) is 39.8 Å². The maximum Gasteiger partial charge on any atom is 0.485 e. The summed E-state index contributed by atoms with van der Waals surface area (Å²) in [6, 6.07) is 47.8. The molecule has 0 saturated carbocycles. The molecule has 0 atom stereocenters. The molecule has 0 aromatic heterocycles. The Bertz CT molecular complexity index is 1880. The van der Waals surface area contributed by atoms with Crippen LogP contribution in [-0.4, -0.2) is 48.5 Å². The van der Waals surface area contributed by atoms with Crippen molar-refractivity contribution in [2.75, 3.05) is 11.5 Å². The molecule has 0 radical (unpaired) electrons. The molecule has 0 spiro atoms. The van der Waals surface area contributed by atoms with Gasteiger partial charge in [-0.3, -0.25) is 0 Å². The maximum absolute atomic E-state index is 10.7. The van der Waals surface area contributed by atoms with Crippen LogP contribution in [0, 0.1) is 0 Å². The van der Waals surface area contributed by atoms with E-state index in [9.17, 15) is 26.3 Å². The minimum Gasteiger partial charge on any atom is -0.741 e. The number of hydrogen-bond acceptors (Lipinski definition) is 6. The zero-order valence-electron chi connectivity index (χ0n) is 29.3. The Morgan fingerprint density at radius 2 is 0.815 bits per heavy atom. The lowest BCUT2D eigenvalue weighted by Crippen LogP contribution is -2.21. The van der Waals surface area contributed by atoms with Crippen LogP contribution in [-0.2, 0) is 42.0 Å². The molecule has 0 heterocycles. The van der Waals surface area contributed by atoms with E-state index < -0.39 is 31.3 Å². The van der Waals surface area contributed by atoms with Gasteiger partial charge in [-0.2, -0.15) is 26.3 Å². The molecule has 0 aliphatic heterocycles. The topological polar surface area (TPSA) is 114 Å². The van der Waals surface area contributed by atoms with Crippen molar-refractivity contribution in [2.45, 2.75) is 70.1 Å². The third-order valence-electron chi connectivity index (χ3n) is 7.05. The summed E-state index contributed by atoms with van der Waals surface area (Å²) in [7, 11) is -11.8.